The molecule has 0 saturated heterocycles. The molecule has 0 aromatic carbocycles. The number of carbonyl (C=O) groups is 1. The standard InChI is InChI=1S/C20H32O2.3CH4/c1-3-20-11-8-14(21)12-13(20)4-5-15-16-6-7-18(22)19(16,2)10-9-17(15)20;;;/h13-17,21H,3-12H2,1-2H3;3*1H4/t13-,14+,15-,16-,17-,19-,20-;;;/m0.../s1. The summed E-state index contributed by atoms with van der Waals surface area (Å²) in [5.74, 6) is 3.57. The third kappa shape index (κ3) is 3.01. The first-order valence-electron chi connectivity index (χ1n) is 9.72. The van der Waals surface area contributed by atoms with Crippen molar-refractivity contribution < 1.29 is 9.90 Å². The Bertz CT molecular complexity index is 473. The van der Waals surface area contributed by atoms with Crippen molar-refractivity contribution in [2.45, 2.75) is 106 Å². The zero-order valence-corrected chi connectivity index (χ0v) is 14.3. The average Bonchev–Trinajstić information content (AvgIpc) is 2.82. The zero-order chi connectivity index (χ0) is 15.5. The van der Waals surface area contributed by atoms with Crippen LogP contribution in [0.3, 0.4) is 0 Å². The van der Waals surface area contributed by atoms with Crippen molar-refractivity contribution >= 4 is 5.78 Å². The summed E-state index contributed by atoms with van der Waals surface area (Å²) in [4.78, 5) is 12.4. The second kappa shape index (κ2) is 7.71. The maximum Gasteiger partial charge on any atom is 0.139 e. The highest BCUT2D eigenvalue weighted by Gasteiger charge is 2.60. The molecule has 7 atom stereocenters. The topological polar surface area (TPSA) is 37.3 Å². The predicted octanol–water partition coefficient (Wildman–Crippen LogP) is 6.26. The lowest BCUT2D eigenvalue weighted by Gasteiger charge is -2.61. The van der Waals surface area contributed by atoms with Crippen LogP contribution in [-0.4, -0.2) is 17.0 Å². The molecule has 0 aromatic rings. The summed E-state index contributed by atoms with van der Waals surface area (Å²) in [6.07, 6.45) is 11.5. The predicted molar refractivity (Wildman–Crippen MR) is 108 cm³/mol. The molecule has 25 heavy (non-hydrogen) atoms. The molecule has 4 rings (SSSR count). The van der Waals surface area contributed by atoms with Crippen molar-refractivity contribution in [3.8, 4) is 0 Å². The molecule has 4 aliphatic carbocycles. The van der Waals surface area contributed by atoms with Crippen molar-refractivity contribution in [3.05, 3.63) is 0 Å². The molecular formula is C23H44O2. The van der Waals surface area contributed by atoms with Gasteiger partial charge in [-0.05, 0) is 86.9 Å². The van der Waals surface area contributed by atoms with Crippen LogP contribution in [0.5, 0.6) is 0 Å². The highest BCUT2D eigenvalue weighted by molar-refractivity contribution is 5.87. The summed E-state index contributed by atoms with van der Waals surface area (Å²) < 4.78 is 0. The monoisotopic (exact) mass is 352 g/mol. The number of rotatable bonds is 1. The molecule has 0 bridgehead atoms. The third-order valence-corrected chi connectivity index (χ3v) is 8.70. The molecule has 4 fully saturated rings. The first kappa shape index (κ1) is 22.7. The van der Waals surface area contributed by atoms with Crippen LogP contribution < -0.4 is 0 Å². The van der Waals surface area contributed by atoms with Crippen LogP contribution in [0.15, 0.2) is 0 Å². The molecular weight excluding hydrogens is 308 g/mol. The van der Waals surface area contributed by atoms with Crippen molar-refractivity contribution in [3.63, 3.8) is 0 Å². The molecule has 1 N–H and O–H groups in total. The maximum absolute atomic E-state index is 12.4. The molecule has 0 spiro atoms. The van der Waals surface area contributed by atoms with Gasteiger partial charge in [0.2, 0.25) is 0 Å². The number of carbonyl (C=O) groups excluding carboxylic acids is 1. The number of aliphatic hydroxyl groups excluding tert-OH is 1. The number of hydrogen-bond donors (Lipinski definition) is 1. The van der Waals surface area contributed by atoms with Gasteiger partial charge < -0.3 is 5.11 Å². The van der Waals surface area contributed by atoms with E-state index in [0.717, 1.165) is 49.9 Å². The number of hydrogen-bond acceptors (Lipinski definition) is 2. The highest BCUT2D eigenvalue weighted by atomic mass is 16.3. The van der Waals surface area contributed by atoms with Crippen molar-refractivity contribution in [2.24, 2.45) is 34.5 Å². The minimum Gasteiger partial charge on any atom is -0.393 e. The van der Waals surface area contributed by atoms with Gasteiger partial charge in [-0.3, -0.25) is 4.79 Å². The average molecular weight is 353 g/mol. The molecule has 0 heterocycles. The lowest BCUT2D eigenvalue weighted by atomic mass is 9.44. The fourth-order valence-corrected chi connectivity index (χ4v) is 7.51. The molecule has 4 aliphatic rings. The Morgan fingerprint density at radius 3 is 2.40 bits per heavy atom. The van der Waals surface area contributed by atoms with E-state index in [0.29, 0.717) is 17.1 Å². The lowest BCUT2D eigenvalue weighted by molar-refractivity contribution is -0.146. The number of fused-ring (bicyclic) bond motifs is 5. The van der Waals surface area contributed by atoms with E-state index in [4.69, 9.17) is 0 Å². The Morgan fingerprint density at radius 2 is 1.72 bits per heavy atom. The van der Waals surface area contributed by atoms with Crippen LogP contribution >= 0.6 is 0 Å². The Morgan fingerprint density at radius 1 is 1.00 bits per heavy atom. The molecule has 0 aliphatic heterocycles. The maximum atomic E-state index is 12.4. The van der Waals surface area contributed by atoms with E-state index in [1.807, 2.05) is 0 Å². The van der Waals surface area contributed by atoms with E-state index in [2.05, 4.69) is 13.8 Å². The van der Waals surface area contributed by atoms with Gasteiger partial charge in [0, 0.05) is 11.8 Å². The van der Waals surface area contributed by atoms with Gasteiger partial charge >= 0.3 is 0 Å². The molecule has 0 radical (unpaired) electrons. The third-order valence-electron chi connectivity index (χ3n) is 8.70. The molecule has 2 nitrogen and oxygen atoms in total. The van der Waals surface area contributed by atoms with Gasteiger partial charge in [-0.15, -0.1) is 0 Å². The summed E-state index contributed by atoms with van der Waals surface area (Å²) in [5.41, 5.74) is 0.492. The zero-order valence-electron chi connectivity index (χ0n) is 14.3. The van der Waals surface area contributed by atoms with Crippen LogP contribution in [0.2, 0.25) is 0 Å². The van der Waals surface area contributed by atoms with Gasteiger partial charge in [-0.2, -0.15) is 0 Å². The van der Waals surface area contributed by atoms with Crippen LogP contribution in [0.1, 0.15) is 100 Å². The Hall–Kier alpha value is -0.370. The first-order valence-corrected chi connectivity index (χ1v) is 9.72. The van der Waals surface area contributed by atoms with Crippen LogP contribution in [-0.2, 0) is 4.79 Å². The van der Waals surface area contributed by atoms with E-state index in [-0.39, 0.29) is 33.8 Å². The second-order valence-corrected chi connectivity index (χ2v) is 9.08. The summed E-state index contributed by atoms with van der Waals surface area (Å²) in [7, 11) is 0. The minimum atomic E-state index is -0.0526. The van der Waals surface area contributed by atoms with Crippen LogP contribution in [0.4, 0.5) is 0 Å². The van der Waals surface area contributed by atoms with E-state index in [1.165, 1.54) is 32.1 Å². The summed E-state index contributed by atoms with van der Waals surface area (Å²) in [6, 6.07) is 0. The molecule has 0 aromatic heterocycles. The lowest BCUT2D eigenvalue weighted by Crippen LogP contribution is -2.55. The Balaban J connectivity index is 0.00000104. The first-order chi connectivity index (χ1) is 10.5. The normalized spacial score (nSPS) is 48.0. The van der Waals surface area contributed by atoms with Crippen molar-refractivity contribution in [1.82, 2.24) is 0 Å². The SMILES string of the molecule is C.C.C.CC[C@]12CC[C@@H](O)C[C@@H]1CC[C@@H]1[C@@H]2CC[C@]2(C)C(=O)CC[C@@H]12. The second-order valence-electron chi connectivity index (χ2n) is 9.08. The van der Waals surface area contributed by atoms with E-state index >= 15 is 0 Å². The number of ketones is 1. The fourth-order valence-electron chi connectivity index (χ4n) is 7.51. The highest BCUT2D eigenvalue weighted by Crippen LogP contribution is 2.66. The summed E-state index contributed by atoms with van der Waals surface area (Å²) in [6.45, 7) is 4.67. The largest absolute Gasteiger partial charge is 0.393 e. The molecule has 0 amide bonds. The number of aliphatic hydroxyl groups is 1. The molecule has 2 heteroatoms. The summed E-state index contributed by atoms with van der Waals surface area (Å²) >= 11 is 0. The smallest absolute Gasteiger partial charge is 0.139 e. The van der Waals surface area contributed by atoms with Gasteiger partial charge in [0.25, 0.3) is 0 Å². The van der Waals surface area contributed by atoms with E-state index in [9.17, 15) is 9.90 Å². The Labute approximate surface area is 157 Å². The van der Waals surface area contributed by atoms with Crippen molar-refractivity contribution in [1.29, 1.82) is 0 Å². The van der Waals surface area contributed by atoms with Crippen LogP contribution in [0.25, 0.3) is 0 Å². The molecule has 0 unspecified atom stereocenters. The molecule has 4 saturated carbocycles. The van der Waals surface area contributed by atoms with Gasteiger partial charge in [-0.1, -0.05) is 36.1 Å². The van der Waals surface area contributed by atoms with Gasteiger partial charge in [0.05, 0.1) is 6.10 Å². The van der Waals surface area contributed by atoms with Crippen LogP contribution in [0, 0.1) is 34.5 Å². The van der Waals surface area contributed by atoms with E-state index in [1.54, 1.807) is 0 Å². The van der Waals surface area contributed by atoms with Gasteiger partial charge in [0.15, 0.2) is 0 Å². The summed E-state index contributed by atoms with van der Waals surface area (Å²) in [5, 5.41) is 10.1. The van der Waals surface area contributed by atoms with Gasteiger partial charge in [-0.25, -0.2) is 0 Å². The van der Waals surface area contributed by atoms with Gasteiger partial charge in [0.1, 0.15) is 5.78 Å². The van der Waals surface area contributed by atoms with Crippen molar-refractivity contribution in [2.75, 3.05) is 0 Å². The number of Topliss-reactive ketones (excluding diaryl/α,β-unsaturated/α-hetero) is 1. The molecule has 148 valence electrons. The van der Waals surface area contributed by atoms with E-state index < -0.39 is 0 Å². The minimum absolute atomic E-state index is 0. The quantitative estimate of drug-likeness (QED) is 0.605. The fraction of sp³-hybridized carbons (Fsp3) is 0.957. The Kier molecular flexibility index (Phi) is 6.99.